The van der Waals surface area contributed by atoms with E-state index in [1.54, 1.807) is 0 Å². The molecule has 2 unspecified atom stereocenters. The van der Waals surface area contributed by atoms with Crippen molar-refractivity contribution in [1.29, 1.82) is 0 Å². The number of halogens is 1. The Morgan fingerprint density at radius 1 is 1.33 bits per heavy atom. The highest BCUT2D eigenvalue weighted by Gasteiger charge is 2.32. The van der Waals surface area contributed by atoms with E-state index in [1.165, 1.54) is 19.3 Å². The van der Waals surface area contributed by atoms with Crippen LogP contribution < -0.4 is 5.32 Å². The number of nitrogens with one attached hydrogen (secondary N) is 2. The van der Waals surface area contributed by atoms with Crippen LogP contribution in [0.5, 0.6) is 0 Å². The number of H-pyrrole nitrogens is 1. The molecule has 2 aliphatic heterocycles. The number of likely N-dealkylation sites (tertiary alicyclic amines) is 1. The maximum absolute atomic E-state index is 12.4. The average molecular weight is 270 g/mol. The number of aromatic amines is 1. The Balaban J connectivity index is 0.00000120. The molecule has 5 heteroatoms. The molecule has 2 saturated heterocycles. The molecule has 0 radical (unpaired) electrons. The smallest absolute Gasteiger partial charge is 0.255 e. The van der Waals surface area contributed by atoms with E-state index in [2.05, 4.69) is 10.3 Å². The Bertz CT molecular complexity index is 420. The van der Waals surface area contributed by atoms with Crippen LogP contribution in [0, 0.1) is 6.92 Å². The molecule has 0 aromatic carbocycles. The van der Waals surface area contributed by atoms with Crippen molar-refractivity contribution in [2.75, 3.05) is 13.1 Å². The lowest BCUT2D eigenvalue weighted by Gasteiger charge is -2.42. The Morgan fingerprint density at radius 2 is 2.00 bits per heavy atom. The molecule has 1 amide bonds. The first-order chi connectivity index (χ1) is 8.24. The molecule has 4 nitrogen and oxygen atoms in total. The van der Waals surface area contributed by atoms with Crippen LogP contribution in [-0.4, -0.2) is 41.0 Å². The second-order valence-corrected chi connectivity index (χ2v) is 5.22. The van der Waals surface area contributed by atoms with Gasteiger partial charge in [0.05, 0.1) is 5.56 Å². The predicted octanol–water partition coefficient (Wildman–Crippen LogP) is 1.71. The van der Waals surface area contributed by atoms with Crippen molar-refractivity contribution in [3.8, 4) is 0 Å². The van der Waals surface area contributed by atoms with E-state index in [9.17, 15) is 4.79 Å². The van der Waals surface area contributed by atoms with E-state index in [4.69, 9.17) is 0 Å². The van der Waals surface area contributed by atoms with Crippen LogP contribution in [-0.2, 0) is 0 Å². The summed E-state index contributed by atoms with van der Waals surface area (Å²) >= 11 is 0. The number of hydrogen-bond donors (Lipinski definition) is 2. The summed E-state index contributed by atoms with van der Waals surface area (Å²) in [5, 5.41) is 3.60. The SMILES string of the molecule is Cc1[nH]ccc1C(=O)N1CC2CCCC(C1)N2.Cl. The number of rotatable bonds is 1. The van der Waals surface area contributed by atoms with Gasteiger partial charge in [0.15, 0.2) is 0 Å². The zero-order chi connectivity index (χ0) is 11.8. The minimum absolute atomic E-state index is 0. The highest BCUT2D eigenvalue weighted by Crippen LogP contribution is 2.21. The summed E-state index contributed by atoms with van der Waals surface area (Å²) in [6.07, 6.45) is 5.54. The van der Waals surface area contributed by atoms with Gasteiger partial charge in [-0.2, -0.15) is 0 Å². The molecule has 2 bridgehead atoms. The van der Waals surface area contributed by atoms with Gasteiger partial charge in [-0.1, -0.05) is 6.42 Å². The number of piperidine rings is 1. The zero-order valence-corrected chi connectivity index (χ0v) is 11.4. The van der Waals surface area contributed by atoms with Gasteiger partial charge in [0.1, 0.15) is 0 Å². The van der Waals surface area contributed by atoms with Gasteiger partial charge in [-0.25, -0.2) is 0 Å². The molecule has 2 fully saturated rings. The average Bonchev–Trinajstić information content (AvgIpc) is 2.74. The van der Waals surface area contributed by atoms with Crippen molar-refractivity contribution in [2.24, 2.45) is 0 Å². The highest BCUT2D eigenvalue weighted by molar-refractivity contribution is 5.95. The number of piperazine rings is 1. The lowest BCUT2D eigenvalue weighted by Crippen LogP contribution is -2.59. The molecule has 0 saturated carbocycles. The summed E-state index contributed by atoms with van der Waals surface area (Å²) < 4.78 is 0. The number of fused-ring (bicyclic) bond motifs is 2. The first kappa shape index (κ1) is 13.4. The van der Waals surface area contributed by atoms with E-state index in [-0.39, 0.29) is 18.3 Å². The van der Waals surface area contributed by atoms with Gasteiger partial charge >= 0.3 is 0 Å². The largest absolute Gasteiger partial charge is 0.365 e. The molecule has 2 aliphatic rings. The van der Waals surface area contributed by atoms with Crippen molar-refractivity contribution in [3.63, 3.8) is 0 Å². The summed E-state index contributed by atoms with van der Waals surface area (Å²) in [5.74, 6) is 0.183. The minimum Gasteiger partial charge on any atom is -0.365 e. The molecule has 18 heavy (non-hydrogen) atoms. The van der Waals surface area contributed by atoms with Gasteiger partial charge in [-0.05, 0) is 25.8 Å². The van der Waals surface area contributed by atoms with Crippen LogP contribution in [0.4, 0.5) is 0 Å². The lowest BCUT2D eigenvalue weighted by atomic mass is 9.94. The number of carbonyl (C=O) groups is 1. The molecule has 3 rings (SSSR count). The normalized spacial score (nSPS) is 26.6. The molecule has 0 spiro atoms. The minimum atomic E-state index is 0. The Kier molecular flexibility index (Phi) is 3.97. The molecule has 0 aliphatic carbocycles. The van der Waals surface area contributed by atoms with E-state index in [0.717, 1.165) is 24.3 Å². The molecule has 1 aromatic heterocycles. The standard InChI is InChI=1S/C13H19N3O.ClH/c1-9-12(5-6-14-9)13(17)16-7-10-3-2-4-11(8-16)15-10;/h5-6,10-11,14-15H,2-4,7-8H2,1H3;1H. The Morgan fingerprint density at radius 3 is 2.56 bits per heavy atom. The topological polar surface area (TPSA) is 48.1 Å². The zero-order valence-electron chi connectivity index (χ0n) is 10.6. The summed E-state index contributed by atoms with van der Waals surface area (Å²) in [4.78, 5) is 17.5. The molecule has 100 valence electrons. The number of carbonyl (C=O) groups excluding carboxylic acids is 1. The maximum Gasteiger partial charge on any atom is 0.255 e. The fourth-order valence-corrected chi connectivity index (χ4v) is 3.03. The third kappa shape index (κ3) is 2.40. The number of aromatic nitrogens is 1. The predicted molar refractivity (Wildman–Crippen MR) is 73.2 cm³/mol. The molecule has 2 N–H and O–H groups in total. The van der Waals surface area contributed by atoms with E-state index in [1.807, 2.05) is 24.1 Å². The van der Waals surface area contributed by atoms with Crippen molar-refractivity contribution < 1.29 is 4.79 Å². The van der Waals surface area contributed by atoms with E-state index >= 15 is 0 Å². The number of hydrogen-bond acceptors (Lipinski definition) is 2. The lowest BCUT2D eigenvalue weighted by molar-refractivity contribution is 0.0607. The van der Waals surface area contributed by atoms with Crippen LogP contribution in [0.2, 0.25) is 0 Å². The quantitative estimate of drug-likeness (QED) is 0.815. The van der Waals surface area contributed by atoms with Crippen molar-refractivity contribution in [2.45, 2.75) is 38.3 Å². The van der Waals surface area contributed by atoms with Crippen LogP contribution in [0.15, 0.2) is 12.3 Å². The van der Waals surface area contributed by atoms with Crippen LogP contribution in [0.3, 0.4) is 0 Å². The van der Waals surface area contributed by atoms with Gasteiger partial charge in [0.2, 0.25) is 0 Å². The van der Waals surface area contributed by atoms with Gasteiger partial charge in [-0.15, -0.1) is 12.4 Å². The number of aryl methyl sites for hydroxylation is 1. The Hall–Kier alpha value is -1.00. The van der Waals surface area contributed by atoms with Crippen molar-refractivity contribution >= 4 is 18.3 Å². The summed E-state index contributed by atoms with van der Waals surface area (Å²) in [5.41, 5.74) is 1.80. The third-order valence-corrected chi connectivity index (χ3v) is 3.93. The second kappa shape index (κ2) is 5.33. The van der Waals surface area contributed by atoms with Gasteiger partial charge in [-0.3, -0.25) is 4.79 Å². The van der Waals surface area contributed by atoms with Crippen LogP contribution in [0.25, 0.3) is 0 Å². The van der Waals surface area contributed by atoms with Crippen LogP contribution >= 0.6 is 12.4 Å². The monoisotopic (exact) mass is 269 g/mol. The van der Waals surface area contributed by atoms with Gasteiger partial charge in [0.25, 0.3) is 5.91 Å². The molecule has 3 heterocycles. The fraction of sp³-hybridized carbons (Fsp3) is 0.615. The summed E-state index contributed by atoms with van der Waals surface area (Å²) in [6.45, 7) is 3.68. The number of nitrogens with zero attached hydrogens (tertiary/aromatic N) is 1. The number of amides is 1. The first-order valence-electron chi connectivity index (χ1n) is 6.43. The van der Waals surface area contributed by atoms with Crippen molar-refractivity contribution in [3.05, 3.63) is 23.5 Å². The Labute approximate surface area is 114 Å². The third-order valence-electron chi connectivity index (χ3n) is 3.93. The van der Waals surface area contributed by atoms with Gasteiger partial charge in [0, 0.05) is 37.1 Å². The molecule has 2 atom stereocenters. The molecule has 1 aromatic rings. The van der Waals surface area contributed by atoms with E-state index in [0.29, 0.717) is 12.1 Å². The van der Waals surface area contributed by atoms with Crippen LogP contribution in [0.1, 0.15) is 35.3 Å². The molecular weight excluding hydrogens is 250 g/mol. The second-order valence-electron chi connectivity index (χ2n) is 5.22. The van der Waals surface area contributed by atoms with E-state index < -0.39 is 0 Å². The summed E-state index contributed by atoms with van der Waals surface area (Å²) in [6, 6.07) is 2.89. The van der Waals surface area contributed by atoms with Gasteiger partial charge < -0.3 is 15.2 Å². The van der Waals surface area contributed by atoms with Crippen molar-refractivity contribution in [1.82, 2.24) is 15.2 Å². The maximum atomic E-state index is 12.4. The first-order valence-corrected chi connectivity index (χ1v) is 6.43. The summed E-state index contributed by atoms with van der Waals surface area (Å²) in [7, 11) is 0. The molecular formula is C13H20ClN3O. The highest BCUT2D eigenvalue weighted by atomic mass is 35.5. The fourth-order valence-electron chi connectivity index (χ4n) is 3.03.